The second kappa shape index (κ2) is 8.41. The summed E-state index contributed by atoms with van der Waals surface area (Å²) < 4.78 is 30.2. The Hall–Kier alpha value is -2.91. The Morgan fingerprint density at radius 2 is 1.86 bits per heavy atom. The zero-order valence-corrected chi connectivity index (χ0v) is 16.9. The zero-order valence-electron chi connectivity index (χ0n) is 15.3. The van der Waals surface area contributed by atoms with Crippen LogP contribution in [0.3, 0.4) is 0 Å². The Labute approximate surface area is 167 Å². The zero-order chi connectivity index (χ0) is 20.1. The van der Waals surface area contributed by atoms with Crippen LogP contribution >= 0.6 is 11.3 Å². The van der Waals surface area contributed by atoms with Crippen molar-refractivity contribution in [3.05, 3.63) is 59.6 Å². The number of rotatable bonds is 7. The average Bonchev–Trinajstić information content (AvgIpc) is 3.09. The van der Waals surface area contributed by atoms with Crippen LogP contribution in [-0.2, 0) is 21.2 Å². The average molecular weight is 418 g/mol. The molecule has 146 valence electrons. The number of thiazole rings is 1. The molecule has 0 unspecified atom stereocenters. The van der Waals surface area contributed by atoms with E-state index in [4.69, 9.17) is 4.74 Å². The van der Waals surface area contributed by atoms with E-state index in [1.807, 2.05) is 29.6 Å². The second-order valence-corrected chi connectivity index (χ2v) is 8.66. The lowest BCUT2D eigenvalue weighted by Crippen LogP contribution is -2.15. The van der Waals surface area contributed by atoms with Gasteiger partial charge in [-0.3, -0.25) is 9.52 Å². The van der Waals surface area contributed by atoms with E-state index in [1.165, 1.54) is 11.3 Å². The summed E-state index contributed by atoms with van der Waals surface area (Å²) in [6.07, 6.45) is 1.19. The van der Waals surface area contributed by atoms with Crippen molar-refractivity contribution < 1.29 is 17.9 Å². The molecule has 0 aliphatic rings. The van der Waals surface area contributed by atoms with E-state index in [0.29, 0.717) is 17.1 Å². The molecule has 0 saturated carbocycles. The highest BCUT2D eigenvalue weighted by Crippen LogP contribution is 2.26. The number of aromatic nitrogens is 1. The summed E-state index contributed by atoms with van der Waals surface area (Å²) in [6.45, 7) is 0. The number of amides is 1. The maximum Gasteiger partial charge on any atom is 0.230 e. The molecule has 0 aliphatic carbocycles. The van der Waals surface area contributed by atoms with E-state index in [2.05, 4.69) is 15.0 Å². The van der Waals surface area contributed by atoms with Crippen molar-refractivity contribution in [3.8, 4) is 16.3 Å². The molecule has 1 heterocycles. The van der Waals surface area contributed by atoms with Crippen LogP contribution in [0, 0.1) is 0 Å². The van der Waals surface area contributed by atoms with Crippen LogP contribution in [0.5, 0.6) is 5.75 Å². The van der Waals surface area contributed by atoms with Gasteiger partial charge in [0.2, 0.25) is 15.9 Å². The molecule has 7 nitrogen and oxygen atoms in total. The third kappa shape index (κ3) is 5.54. The summed E-state index contributed by atoms with van der Waals surface area (Å²) in [5.74, 6) is 0.538. The number of methoxy groups -OCH3 is 1. The van der Waals surface area contributed by atoms with E-state index in [1.54, 1.807) is 31.4 Å². The van der Waals surface area contributed by atoms with Crippen molar-refractivity contribution in [1.82, 2.24) is 4.98 Å². The number of ether oxygens (including phenoxy) is 1. The maximum absolute atomic E-state index is 12.3. The fourth-order valence-corrected chi connectivity index (χ4v) is 3.88. The molecule has 9 heteroatoms. The van der Waals surface area contributed by atoms with Gasteiger partial charge in [-0.05, 0) is 42.5 Å². The highest BCUT2D eigenvalue weighted by molar-refractivity contribution is 7.92. The molecule has 3 rings (SSSR count). The van der Waals surface area contributed by atoms with Crippen molar-refractivity contribution in [1.29, 1.82) is 0 Å². The number of anilines is 2. The smallest absolute Gasteiger partial charge is 0.230 e. The first-order valence-corrected chi connectivity index (χ1v) is 11.1. The molecule has 0 fully saturated rings. The predicted octanol–water partition coefficient (Wildman–Crippen LogP) is 3.37. The lowest BCUT2D eigenvalue weighted by molar-refractivity contribution is -0.115. The van der Waals surface area contributed by atoms with Gasteiger partial charge in [0.25, 0.3) is 0 Å². The maximum atomic E-state index is 12.3. The van der Waals surface area contributed by atoms with E-state index >= 15 is 0 Å². The summed E-state index contributed by atoms with van der Waals surface area (Å²) in [4.78, 5) is 16.8. The van der Waals surface area contributed by atoms with E-state index in [9.17, 15) is 13.2 Å². The van der Waals surface area contributed by atoms with Crippen molar-refractivity contribution in [3.63, 3.8) is 0 Å². The molecule has 1 amide bonds. The van der Waals surface area contributed by atoms with Gasteiger partial charge in [-0.15, -0.1) is 11.3 Å². The summed E-state index contributed by atoms with van der Waals surface area (Å²) in [7, 11) is -1.77. The fourth-order valence-electron chi connectivity index (χ4n) is 2.50. The second-order valence-electron chi connectivity index (χ2n) is 6.05. The molecule has 0 radical (unpaired) electrons. The van der Waals surface area contributed by atoms with E-state index in [0.717, 1.165) is 22.6 Å². The molecule has 1 aromatic heterocycles. The monoisotopic (exact) mass is 417 g/mol. The van der Waals surface area contributed by atoms with Gasteiger partial charge in [0, 0.05) is 16.6 Å². The summed E-state index contributed by atoms with van der Waals surface area (Å²) in [6, 6.07) is 14.1. The minimum absolute atomic E-state index is 0.121. The number of hydrogen-bond acceptors (Lipinski definition) is 6. The highest BCUT2D eigenvalue weighted by Gasteiger charge is 2.10. The van der Waals surface area contributed by atoms with Gasteiger partial charge in [-0.25, -0.2) is 13.4 Å². The molecule has 0 spiro atoms. The molecule has 2 N–H and O–H groups in total. The van der Waals surface area contributed by atoms with Crippen molar-refractivity contribution >= 4 is 38.6 Å². The number of nitrogens with one attached hydrogen (secondary N) is 2. The number of benzene rings is 2. The van der Waals surface area contributed by atoms with E-state index < -0.39 is 10.0 Å². The Bertz CT molecular complexity index is 1080. The standard InChI is InChI=1S/C19H19N3O4S2/c1-26-17-8-6-13(7-9-17)19-21-16(12-27-19)11-18(23)20-14-4-3-5-15(10-14)22-28(2,24)25/h3-10,12,22H,11H2,1-2H3,(H,20,23). The number of hydrogen-bond donors (Lipinski definition) is 2. The van der Waals surface area contributed by atoms with Crippen molar-refractivity contribution in [2.24, 2.45) is 0 Å². The van der Waals surface area contributed by atoms with E-state index in [-0.39, 0.29) is 12.3 Å². The minimum Gasteiger partial charge on any atom is -0.497 e. The third-order valence-corrected chi connectivity index (χ3v) is 5.23. The van der Waals surface area contributed by atoms with Crippen LogP contribution in [0.25, 0.3) is 10.6 Å². The number of carbonyl (C=O) groups is 1. The van der Waals surface area contributed by atoms with Crippen LogP contribution in [0.15, 0.2) is 53.9 Å². The largest absolute Gasteiger partial charge is 0.497 e. The van der Waals surface area contributed by atoms with Crippen LogP contribution in [0.2, 0.25) is 0 Å². The molecule has 2 aromatic carbocycles. The Morgan fingerprint density at radius 1 is 1.14 bits per heavy atom. The molecule has 0 atom stereocenters. The molecule has 3 aromatic rings. The number of sulfonamides is 1. The van der Waals surface area contributed by atoms with Crippen LogP contribution in [0.1, 0.15) is 5.69 Å². The predicted molar refractivity (Wildman–Crippen MR) is 111 cm³/mol. The number of carbonyl (C=O) groups excluding carboxylic acids is 1. The highest BCUT2D eigenvalue weighted by atomic mass is 32.2. The van der Waals surface area contributed by atoms with Gasteiger partial charge < -0.3 is 10.1 Å². The molecule has 0 saturated heterocycles. The molecular weight excluding hydrogens is 398 g/mol. The van der Waals surface area contributed by atoms with Gasteiger partial charge in [0.15, 0.2) is 0 Å². The van der Waals surface area contributed by atoms with Crippen LogP contribution < -0.4 is 14.8 Å². The Morgan fingerprint density at radius 3 is 2.54 bits per heavy atom. The SMILES string of the molecule is COc1ccc(-c2nc(CC(=O)Nc3cccc(NS(C)(=O)=O)c3)cs2)cc1. The van der Waals surface area contributed by atoms with Gasteiger partial charge in [-0.2, -0.15) is 0 Å². The fraction of sp³-hybridized carbons (Fsp3) is 0.158. The Kier molecular flexibility index (Phi) is 5.96. The first-order chi connectivity index (χ1) is 13.3. The summed E-state index contributed by atoms with van der Waals surface area (Å²) in [5, 5.41) is 5.43. The molecule has 28 heavy (non-hydrogen) atoms. The molecule has 0 aliphatic heterocycles. The summed E-state index contributed by atoms with van der Waals surface area (Å²) >= 11 is 1.46. The van der Waals surface area contributed by atoms with Crippen LogP contribution in [0.4, 0.5) is 11.4 Å². The topological polar surface area (TPSA) is 97.4 Å². The number of nitrogens with zero attached hydrogens (tertiary/aromatic N) is 1. The minimum atomic E-state index is -3.38. The van der Waals surface area contributed by atoms with Crippen molar-refractivity contribution in [2.75, 3.05) is 23.4 Å². The lowest BCUT2D eigenvalue weighted by Gasteiger charge is -2.08. The molecule has 0 bridgehead atoms. The first-order valence-electron chi connectivity index (χ1n) is 8.29. The van der Waals surface area contributed by atoms with Gasteiger partial charge in [0.1, 0.15) is 10.8 Å². The van der Waals surface area contributed by atoms with Crippen LogP contribution in [-0.4, -0.2) is 32.7 Å². The third-order valence-electron chi connectivity index (χ3n) is 3.68. The first kappa shape index (κ1) is 19.8. The van der Waals surface area contributed by atoms with Gasteiger partial charge in [0.05, 0.1) is 31.2 Å². The van der Waals surface area contributed by atoms with Crippen molar-refractivity contribution in [2.45, 2.75) is 6.42 Å². The Balaban J connectivity index is 1.64. The quantitative estimate of drug-likeness (QED) is 0.614. The summed E-state index contributed by atoms with van der Waals surface area (Å²) in [5.41, 5.74) is 2.51. The van der Waals surface area contributed by atoms with Gasteiger partial charge in [-0.1, -0.05) is 6.07 Å². The normalized spacial score (nSPS) is 11.1. The van der Waals surface area contributed by atoms with Gasteiger partial charge >= 0.3 is 0 Å². The molecular formula is C19H19N3O4S2. The lowest BCUT2D eigenvalue weighted by atomic mass is 10.2.